The second-order valence-corrected chi connectivity index (χ2v) is 4.63. The summed E-state index contributed by atoms with van der Waals surface area (Å²) in [7, 11) is 4.45. The fourth-order valence-electron chi connectivity index (χ4n) is 2.26. The predicted molar refractivity (Wildman–Crippen MR) is 81.5 cm³/mol. The van der Waals surface area contributed by atoms with Crippen LogP contribution in [-0.4, -0.2) is 27.1 Å². The van der Waals surface area contributed by atoms with E-state index in [9.17, 15) is 9.18 Å². The number of benzene rings is 2. The number of rotatable bonds is 5. The second-order valence-electron chi connectivity index (χ2n) is 4.63. The third-order valence-electron chi connectivity index (χ3n) is 3.37. The van der Waals surface area contributed by atoms with Crippen LogP contribution in [0.15, 0.2) is 30.3 Å². The first-order chi connectivity index (χ1) is 10.5. The van der Waals surface area contributed by atoms with Crippen molar-refractivity contribution in [3.05, 3.63) is 41.7 Å². The maximum absolute atomic E-state index is 14.2. The monoisotopic (exact) mass is 304 g/mol. The topological polar surface area (TPSA) is 44.8 Å². The summed E-state index contributed by atoms with van der Waals surface area (Å²) in [6.07, 6.45) is 0. The van der Waals surface area contributed by atoms with Crippen molar-refractivity contribution in [2.75, 3.05) is 21.3 Å². The average Bonchev–Trinajstić information content (AvgIpc) is 2.53. The number of ketones is 1. The highest BCUT2D eigenvalue weighted by molar-refractivity contribution is 5.95. The van der Waals surface area contributed by atoms with Gasteiger partial charge >= 0.3 is 0 Å². The number of methoxy groups -OCH3 is 3. The quantitative estimate of drug-likeness (QED) is 0.790. The van der Waals surface area contributed by atoms with Gasteiger partial charge in [0.05, 0.1) is 21.3 Å². The molecule has 0 saturated heterocycles. The van der Waals surface area contributed by atoms with E-state index in [0.29, 0.717) is 28.4 Å². The standard InChI is InChI=1S/C17H17FO4/c1-10(19)11-5-7-14(18)13(9-11)12-6-8-15(20-2)17(22-4)16(12)21-3/h5-9H,1-4H3. The minimum atomic E-state index is -0.449. The molecule has 0 spiro atoms. The summed E-state index contributed by atoms with van der Waals surface area (Å²) in [6.45, 7) is 1.43. The zero-order valence-corrected chi connectivity index (χ0v) is 12.9. The van der Waals surface area contributed by atoms with Gasteiger partial charge in [-0.1, -0.05) is 0 Å². The molecule has 0 aromatic heterocycles. The van der Waals surface area contributed by atoms with E-state index in [2.05, 4.69) is 0 Å². The number of carbonyl (C=O) groups excluding carboxylic acids is 1. The van der Waals surface area contributed by atoms with Crippen molar-refractivity contribution in [3.63, 3.8) is 0 Å². The second kappa shape index (κ2) is 6.47. The Labute approximate surface area is 128 Å². The summed E-state index contributed by atoms with van der Waals surface area (Å²) in [5.41, 5.74) is 1.18. The smallest absolute Gasteiger partial charge is 0.203 e. The molecule has 22 heavy (non-hydrogen) atoms. The summed E-state index contributed by atoms with van der Waals surface area (Å²) < 4.78 is 30.1. The zero-order chi connectivity index (χ0) is 16.3. The van der Waals surface area contributed by atoms with Crippen molar-refractivity contribution < 1.29 is 23.4 Å². The van der Waals surface area contributed by atoms with Crippen LogP contribution in [0.5, 0.6) is 17.2 Å². The number of hydrogen-bond acceptors (Lipinski definition) is 4. The first-order valence-corrected chi connectivity index (χ1v) is 6.63. The number of halogens is 1. The molecule has 0 fully saturated rings. The first kappa shape index (κ1) is 15.8. The molecule has 4 nitrogen and oxygen atoms in total. The van der Waals surface area contributed by atoms with E-state index in [1.807, 2.05) is 0 Å². The Balaban J connectivity index is 2.72. The fraction of sp³-hybridized carbons (Fsp3) is 0.235. The molecule has 2 aromatic carbocycles. The van der Waals surface area contributed by atoms with Gasteiger partial charge < -0.3 is 14.2 Å². The minimum absolute atomic E-state index is 0.138. The lowest BCUT2D eigenvalue weighted by atomic mass is 9.99. The van der Waals surface area contributed by atoms with Crippen molar-refractivity contribution in [2.24, 2.45) is 0 Å². The Hall–Kier alpha value is -2.56. The van der Waals surface area contributed by atoms with E-state index in [0.717, 1.165) is 0 Å². The molecule has 0 unspecified atom stereocenters. The molecule has 0 bridgehead atoms. The van der Waals surface area contributed by atoms with Crippen LogP contribution in [0.4, 0.5) is 4.39 Å². The molecule has 0 aliphatic carbocycles. The van der Waals surface area contributed by atoms with E-state index in [1.165, 1.54) is 46.5 Å². The first-order valence-electron chi connectivity index (χ1n) is 6.63. The van der Waals surface area contributed by atoms with Gasteiger partial charge in [-0.2, -0.15) is 0 Å². The van der Waals surface area contributed by atoms with Gasteiger partial charge in [0.15, 0.2) is 17.3 Å². The molecule has 2 rings (SSSR count). The van der Waals surface area contributed by atoms with Crippen molar-refractivity contribution >= 4 is 5.78 Å². The van der Waals surface area contributed by atoms with Gasteiger partial charge in [0, 0.05) is 16.7 Å². The summed E-state index contributed by atoms with van der Waals surface area (Å²) in [6, 6.07) is 7.55. The van der Waals surface area contributed by atoms with Crippen LogP contribution in [0.1, 0.15) is 17.3 Å². The van der Waals surface area contributed by atoms with E-state index < -0.39 is 5.82 Å². The molecular formula is C17H17FO4. The number of ether oxygens (including phenoxy) is 3. The molecule has 5 heteroatoms. The van der Waals surface area contributed by atoms with Gasteiger partial charge in [-0.15, -0.1) is 0 Å². The van der Waals surface area contributed by atoms with Gasteiger partial charge in [-0.25, -0.2) is 4.39 Å². The van der Waals surface area contributed by atoms with Crippen LogP contribution in [0.2, 0.25) is 0 Å². The Bertz CT molecular complexity index is 710. The molecular weight excluding hydrogens is 287 g/mol. The van der Waals surface area contributed by atoms with Crippen LogP contribution in [0.3, 0.4) is 0 Å². The molecule has 0 heterocycles. The summed E-state index contributed by atoms with van der Waals surface area (Å²) >= 11 is 0. The highest BCUT2D eigenvalue weighted by Crippen LogP contribution is 2.44. The van der Waals surface area contributed by atoms with Gasteiger partial charge in [0.1, 0.15) is 5.82 Å². The molecule has 0 aliphatic rings. The van der Waals surface area contributed by atoms with Gasteiger partial charge in [0.2, 0.25) is 5.75 Å². The SMILES string of the molecule is COc1ccc(-c2cc(C(C)=O)ccc2F)c(OC)c1OC. The lowest BCUT2D eigenvalue weighted by Gasteiger charge is -2.16. The molecule has 0 aliphatic heterocycles. The van der Waals surface area contributed by atoms with E-state index in [-0.39, 0.29) is 11.3 Å². The molecule has 0 saturated carbocycles. The van der Waals surface area contributed by atoms with Crippen LogP contribution in [-0.2, 0) is 0 Å². The largest absolute Gasteiger partial charge is 0.493 e. The maximum atomic E-state index is 14.2. The maximum Gasteiger partial charge on any atom is 0.203 e. The highest BCUT2D eigenvalue weighted by Gasteiger charge is 2.19. The Morgan fingerprint density at radius 2 is 1.59 bits per heavy atom. The number of Topliss-reactive ketones (excluding diaryl/α,β-unsaturated/α-hetero) is 1. The van der Waals surface area contributed by atoms with Crippen LogP contribution >= 0.6 is 0 Å². The molecule has 0 atom stereocenters. The zero-order valence-electron chi connectivity index (χ0n) is 12.9. The Morgan fingerprint density at radius 1 is 0.909 bits per heavy atom. The average molecular weight is 304 g/mol. The van der Waals surface area contributed by atoms with E-state index in [4.69, 9.17) is 14.2 Å². The fourth-order valence-corrected chi connectivity index (χ4v) is 2.26. The number of hydrogen-bond donors (Lipinski definition) is 0. The predicted octanol–water partition coefficient (Wildman–Crippen LogP) is 3.72. The Morgan fingerprint density at radius 3 is 2.14 bits per heavy atom. The van der Waals surface area contributed by atoms with Gasteiger partial charge in [-0.05, 0) is 37.3 Å². The normalized spacial score (nSPS) is 10.2. The van der Waals surface area contributed by atoms with Crippen molar-refractivity contribution in [1.82, 2.24) is 0 Å². The lowest BCUT2D eigenvalue weighted by molar-refractivity contribution is 0.101. The van der Waals surface area contributed by atoms with Crippen molar-refractivity contribution in [3.8, 4) is 28.4 Å². The summed E-state index contributed by atoms with van der Waals surface area (Å²) in [4.78, 5) is 11.5. The van der Waals surface area contributed by atoms with Crippen molar-refractivity contribution in [2.45, 2.75) is 6.92 Å². The highest BCUT2D eigenvalue weighted by atomic mass is 19.1. The summed E-state index contributed by atoms with van der Waals surface area (Å²) in [5.74, 6) is 0.610. The van der Waals surface area contributed by atoms with E-state index in [1.54, 1.807) is 12.1 Å². The molecule has 0 radical (unpaired) electrons. The number of carbonyl (C=O) groups is 1. The minimum Gasteiger partial charge on any atom is -0.493 e. The molecule has 116 valence electrons. The van der Waals surface area contributed by atoms with Gasteiger partial charge in [0.25, 0.3) is 0 Å². The molecule has 2 aromatic rings. The van der Waals surface area contributed by atoms with Crippen LogP contribution < -0.4 is 14.2 Å². The molecule has 0 N–H and O–H groups in total. The third-order valence-corrected chi connectivity index (χ3v) is 3.37. The third kappa shape index (κ3) is 2.74. The van der Waals surface area contributed by atoms with Crippen LogP contribution in [0, 0.1) is 5.82 Å². The van der Waals surface area contributed by atoms with E-state index >= 15 is 0 Å². The van der Waals surface area contributed by atoms with Crippen molar-refractivity contribution in [1.29, 1.82) is 0 Å². The molecule has 0 amide bonds. The van der Waals surface area contributed by atoms with Gasteiger partial charge in [-0.3, -0.25) is 4.79 Å². The Kier molecular flexibility index (Phi) is 4.65. The van der Waals surface area contributed by atoms with Crippen LogP contribution in [0.25, 0.3) is 11.1 Å². The summed E-state index contributed by atoms with van der Waals surface area (Å²) in [5, 5.41) is 0. The lowest BCUT2D eigenvalue weighted by Crippen LogP contribution is -1.99.